The molecular weight excluding hydrogens is 263 g/mol. The molecule has 0 aromatic heterocycles. The second kappa shape index (κ2) is 6.61. The van der Waals surface area contributed by atoms with Crippen molar-refractivity contribution in [3.05, 3.63) is 35.4 Å². The van der Waals surface area contributed by atoms with Crippen LogP contribution in [0.5, 0.6) is 0 Å². The summed E-state index contributed by atoms with van der Waals surface area (Å²) < 4.78 is 38.2. The van der Waals surface area contributed by atoms with Crippen LogP contribution >= 0.6 is 0 Å². The highest BCUT2D eigenvalue weighted by Gasteiger charge is 2.30. The third-order valence-electron chi connectivity index (χ3n) is 4.30. The molecule has 0 spiro atoms. The molecule has 1 atom stereocenters. The third-order valence-corrected chi connectivity index (χ3v) is 4.30. The molecule has 1 aromatic carbocycles. The lowest BCUT2D eigenvalue weighted by molar-refractivity contribution is -0.137. The minimum atomic E-state index is -4.25. The highest BCUT2D eigenvalue weighted by molar-refractivity contribution is 5.26. The molecule has 0 saturated heterocycles. The maximum absolute atomic E-state index is 12.7. The molecule has 20 heavy (non-hydrogen) atoms. The number of likely N-dealkylation sites (N-methyl/N-ethyl adjacent to an activating group) is 1. The second-order valence-corrected chi connectivity index (χ2v) is 5.70. The summed E-state index contributed by atoms with van der Waals surface area (Å²) in [6, 6.07) is 6.00. The van der Waals surface area contributed by atoms with Gasteiger partial charge in [-0.1, -0.05) is 37.5 Å². The van der Waals surface area contributed by atoms with Crippen LogP contribution in [0.1, 0.15) is 43.2 Å². The van der Waals surface area contributed by atoms with Gasteiger partial charge in [-0.05, 0) is 43.9 Å². The molecule has 1 nitrogen and oxygen atoms in total. The monoisotopic (exact) mass is 285 g/mol. The van der Waals surface area contributed by atoms with Crippen LogP contribution in [0.25, 0.3) is 0 Å². The number of hydrogen-bond donors (Lipinski definition) is 1. The van der Waals surface area contributed by atoms with Crippen molar-refractivity contribution in [2.45, 2.75) is 50.7 Å². The normalized spacial score (nSPS) is 19.0. The Balaban J connectivity index is 2.07. The first-order valence-corrected chi connectivity index (χ1v) is 7.34. The average molecular weight is 285 g/mol. The van der Waals surface area contributed by atoms with Crippen LogP contribution in [-0.4, -0.2) is 13.1 Å². The number of nitrogens with one attached hydrogen (secondary N) is 1. The van der Waals surface area contributed by atoms with E-state index in [0.29, 0.717) is 12.3 Å². The van der Waals surface area contributed by atoms with Crippen LogP contribution in [0.4, 0.5) is 13.2 Å². The molecular formula is C16H22F3N. The van der Waals surface area contributed by atoms with Crippen molar-refractivity contribution in [3.8, 4) is 0 Å². The lowest BCUT2D eigenvalue weighted by Gasteiger charge is -2.30. The Labute approximate surface area is 118 Å². The van der Waals surface area contributed by atoms with E-state index in [9.17, 15) is 13.2 Å². The van der Waals surface area contributed by atoms with Gasteiger partial charge in [0.05, 0.1) is 5.56 Å². The Morgan fingerprint density at radius 2 is 1.90 bits per heavy atom. The van der Waals surface area contributed by atoms with Crippen molar-refractivity contribution in [2.75, 3.05) is 7.05 Å². The maximum Gasteiger partial charge on any atom is 0.416 e. The zero-order valence-electron chi connectivity index (χ0n) is 11.8. The highest BCUT2D eigenvalue weighted by atomic mass is 19.4. The van der Waals surface area contributed by atoms with Crippen molar-refractivity contribution in [2.24, 2.45) is 5.92 Å². The average Bonchev–Trinajstić information content (AvgIpc) is 2.45. The van der Waals surface area contributed by atoms with Crippen LogP contribution in [0, 0.1) is 5.92 Å². The van der Waals surface area contributed by atoms with E-state index in [4.69, 9.17) is 0 Å². The lowest BCUT2D eigenvalue weighted by atomic mass is 9.81. The van der Waals surface area contributed by atoms with Crippen molar-refractivity contribution in [3.63, 3.8) is 0 Å². The van der Waals surface area contributed by atoms with E-state index >= 15 is 0 Å². The Bertz CT molecular complexity index is 422. The summed E-state index contributed by atoms with van der Waals surface area (Å²) in [5.41, 5.74) is 0.221. The standard InChI is InChI=1S/C16H22F3N/c1-20-15(13-7-3-2-4-8-13)11-12-6-5-9-14(10-12)16(17,18)19/h5-6,9-10,13,15,20H,2-4,7-8,11H2,1H3. The zero-order valence-corrected chi connectivity index (χ0v) is 11.8. The molecule has 0 radical (unpaired) electrons. The summed E-state index contributed by atoms with van der Waals surface area (Å²) in [6.45, 7) is 0. The topological polar surface area (TPSA) is 12.0 Å². The number of benzene rings is 1. The molecule has 2 rings (SSSR count). The summed E-state index contributed by atoms with van der Waals surface area (Å²) >= 11 is 0. The zero-order chi connectivity index (χ0) is 14.6. The number of alkyl halides is 3. The van der Waals surface area contributed by atoms with Crippen LogP contribution in [0.15, 0.2) is 24.3 Å². The van der Waals surface area contributed by atoms with E-state index in [-0.39, 0.29) is 6.04 Å². The smallest absolute Gasteiger partial charge is 0.316 e. The van der Waals surface area contributed by atoms with Gasteiger partial charge in [0.2, 0.25) is 0 Å². The van der Waals surface area contributed by atoms with E-state index < -0.39 is 11.7 Å². The minimum absolute atomic E-state index is 0.277. The van der Waals surface area contributed by atoms with Crippen LogP contribution in [0.3, 0.4) is 0 Å². The number of rotatable bonds is 4. The van der Waals surface area contributed by atoms with Crippen LogP contribution in [0.2, 0.25) is 0 Å². The molecule has 0 bridgehead atoms. The fourth-order valence-corrected chi connectivity index (χ4v) is 3.17. The molecule has 1 fully saturated rings. The highest BCUT2D eigenvalue weighted by Crippen LogP contribution is 2.31. The Morgan fingerprint density at radius 1 is 1.20 bits per heavy atom. The SMILES string of the molecule is CNC(Cc1cccc(C(F)(F)F)c1)C1CCCCC1. The first-order valence-electron chi connectivity index (χ1n) is 7.34. The van der Waals surface area contributed by atoms with Gasteiger partial charge in [0.15, 0.2) is 0 Å². The quantitative estimate of drug-likeness (QED) is 0.863. The molecule has 112 valence electrons. The van der Waals surface area contributed by atoms with Gasteiger partial charge in [0.25, 0.3) is 0 Å². The number of hydrogen-bond acceptors (Lipinski definition) is 1. The summed E-state index contributed by atoms with van der Waals surface area (Å²) in [4.78, 5) is 0. The van der Waals surface area contributed by atoms with E-state index in [1.54, 1.807) is 6.07 Å². The van der Waals surface area contributed by atoms with Crippen molar-refractivity contribution in [1.82, 2.24) is 5.32 Å². The molecule has 1 unspecified atom stereocenters. The number of halogens is 3. The first-order chi connectivity index (χ1) is 9.50. The fourth-order valence-electron chi connectivity index (χ4n) is 3.17. The third kappa shape index (κ3) is 3.98. The predicted molar refractivity (Wildman–Crippen MR) is 74.6 cm³/mol. The van der Waals surface area contributed by atoms with E-state index in [1.807, 2.05) is 7.05 Å². The van der Waals surface area contributed by atoms with Gasteiger partial charge >= 0.3 is 6.18 Å². The van der Waals surface area contributed by atoms with Gasteiger partial charge in [-0.2, -0.15) is 13.2 Å². The van der Waals surface area contributed by atoms with Gasteiger partial charge in [-0.15, -0.1) is 0 Å². The second-order valence-electron chi connectivity index (χ2n) is 5.70. The molecule has 1 aliphatic rings. The first kappa shape index (κ1) is 15.4. The van der Waals surface area contributed by atoms with Gasteiger partial charge in [-0.25, -0.2) is 0 Å². The molecule has 0 aliphatic heterocycles. The van der Waals surface area contributed by atoms with Crippen molar-refractivity contribution in [1.29, 1.82) is 0 Å². The molecule has 1 aliphatic carbocycles. The predicted octanol–water partition coefficient (Wildman–Crippen LogP) is 4.42. The van der Waals surface area contributed by atoms with Gasteiger partial charge in [-0.3, -0.25) is 0 Å². The van der Waals surface area contributed by atoms with Crippen molar-refractivity contribution < 1.29 is 13.2 Å². The Morgan fingerprint density at radius 3 is 2.50 bits per heavy atom. The molecule has 0 heterocycles. The molecule has 0 amide bonds. The van der Waals surface area contributed by atoms with E-state index in [1.165, 1.54) is 44.2 Å². The van der Waals surface area contributed by atoms with Crippen molar-refractivity contribution >= 4 is 0 Å². The van der Waals surface area contributed by atoms with Gasteiger partial charge in [0, 0.05) is 6.04 Å². The van der Waals surface area contributed by atoms with E-state index in [2.05, 4.69) is 5.32 Å². The summed E-state index contributed by atoms with van der Waals surface area (Å²) in [6.07, 6.45) is 2.56. The Kier molecular flexibility index (Phi) is 5.08. The van der Waals surface area contributed by atoms with Crippen LogP contribution in [-0.2, 0) is 12.6 Å². The summed E-state index contributed by atoms with van der Waals surface area (Å²) in [5.74, 6) is 0.586. The Hall–Kier alpha value is -1.03. The minimum Gasteiger partial charge on any atom is -0.316 e. The molecule has 1 N–H and O–H groups in total. The summed E-state index contributed by atoms with van der Waals surface area (Å²) in [7, 11) is 1.91. The van der Waals surface area contributed by atoms with E-state index in [0.717, 1.165) is 11.6 Å². The largest absolute Gasteiger partial charge is 0.416 e. The fraction of sp³-hybridized carbons (Fsp3) is 0.625. The summed E-state index contributed by atoms with van der Waals surface area (Å²) in [5, 5.41) is 3.30. The molecule has 4 heteroatoms. The van der Waals surface area contributed by atoms with Crippen LogP contribution < -0.4 is 5.32 Å². The molecule has 1 aromatic rings. The van der Waals surface area contributed by atoms with Gasteiger partial charge in [0.1, 0.15) is 0 Å². The molecule has 1 saturated carbocycles. The lowest BCUT2D eigenvalue weighted by Crippen LogP contribution is -2.36. The maximum atomic E-state index is 12.7. The van der Waals surface area contributed by atoms with Gasteiger partial charge < -0.3 is 5.32 Å².